The lowest BCUT2D eigenvalue weighted by Crippen LogP contribution is -2.27. The molecule has 0 aliphatic heterocycles. The molecule has 3 N–H and O–H groups in total. The topological polar surface area (TPSA) is 115 Å². The Balaban J connectivity index is 1.94. The van der Waals surface area contributed by atoms with E-state index in [1.165, 1.54) is 18.5 Å². The first kappa shape index (κ1) is 17.0. The van der Waals surface area contributed by atoms with Gasteiger partial charge in [-0.25, -0.2) is 23.5 Å². The number of hydrogen-bond donors (Lipinski definition) is 2. The maximum Gasteiger partial charge on any atom is 0.270 e. The molecule has 1 aromatic carbocycles. The number of carbonyl (C=O) groups is 1. The zero-order valence-electron chi connectivity index (χ0n) is 12.9. The van der Waals surface area contributed by atoms with Crippen LogP contribution in [-0.4, -0.2) is 30.8 Å². The van der Waals surface area contributed by atoms with Crippen molar-refractivity contribution < 1.29 is 13.2 Å². The highest BCUT2D eigenvalue weighted by molar-refractivity contribution is 7.89. The first-order valence-electron chi connectivity index (χ1n) is 6.97. The van der Waals surface area contributed by atoms with Gasteiger partial charge in [0.25, 0.3) is 5.91 Å². The van der Waals surface area contributed by atoms with Crippen LogP contribution >= 0.6 is 0 Å². The number of aryl methyl sites for hydroxylation is 1. The molecular formula is C15H18N4O3S. The van der Waals surface area contributed by atoms with Gasteiger partial charge in [0.2, 0.25) is 10.0 Å². The summed E-state index contributed by atoms with van der Waals surface area (Å²) in [4.78, 5) is 20.2. The summed E-state index contributed by atoms with van der Waals surface area (Å²) in [5, 5.41) is 7.83. The Morgan fingerprint density at radius 2 is 1.83 bits per heavy atom. The largest absolute Gasteiger partial charge is 0.350 e. The van der Waals surface area contributed by atoms with Crippen molar-refractivity contribution in [1.29, 1.82) is 0 Å². The molecule has 0 aliphatic carbocycles. The fourth-order valence-electron chi connectivity index (χ4n) is 2.02. The number of carbonyl (C=O) groups excluding carboxylic acids is 1. The monoisotopic (exact) mass is 334 g/mol. The quantitative estimate of drug-likeness (QED) is 0.836. The van der Waals surface area contributed by atoms with E-state index in [1.54, 1.807) is 19.1 Å². The molecule has 7 nitrogen and oxygen atoms in total. The zero-order chi connectivity index (χ0) is 17.0. The Bertz CT molecular complexity index is 817. The van der Waals surface area contributed by atoms with Crippen molar-refractivity contribution in [2.24, 2.45) is 5.14 Å². The maximum atomic E-state index is 12.1. The average Bonchev–Trinajstić information content (AvgIpc) is 2.49. The van der Waals surface area contributed by atoms with Gasteiger partial charge in [-0.2, -0.15) is 0 Å². The summed E-state index contributed by atoms with van der Waals surface area (Å²) >= 11 is 0. The van der Waals surface area contributed by atoms with Gasteiger partial charge in [0.05, 0.1) is 4.90 Å². The molecule has 0 aliphatic rings. The number of aromatic nitrogens is 2. The molecule has 0 bridgehead atoms. The molecular weight excluding hydrogens is 316 g/mol. The summed E-state index contributed by atoms with van der Waals surface area (Å²) in [5.74, 6) is -0.255. The van der Waals surface area contributed by atoms with E-state index in [0.29, 0.717) is 18.7 Å². The van der Waals surface area contributed by atoms with Gasteiger partial charge >= 0.3 is 0 Å². The first-order valence-corrected chi connectivity index (χ1v) is 8.52. The van der Waals surface area contributed by atoms with E-state index in [9.17, 15) is 13.2 Å². The summed E-state index contributed by atoms with van der Waals surface area (Å²) in [6.07, 6.45) is 1.93. The van der Waals surface area contributed by atoms with Gasteiger partial charge in [0, 0.05) is 17.8 Å². The van der Waals surface area contributed by atoms with Gasteiger partial charge in [0.1, 0.15) is 12.0 Å². The van der Waals surface area contributed by atoms with Gasteiger partial charge in [-0.1, -0.05) is 12.1 Å². The predicted octanol–water partition coefficient (Wildman–Crippen LogP) is 0.713. The lowest BCUT2D eigenvalue weighted by molar-refractivity contribution is 0.0948. The molecule has 1 heterocycles. The van der Waals surface area contributed by atoms with Crippen LogP contribution in [0.2, 0.25) is 0 Å². The number of nitrogens with one attached hydrogen (secondary N) is 1. The molecule has 8 heteroatoms. The Hall–Kier alpha value is -2.32. The van der Waals surface area contributed by atoms with Crippen molar-refractivity contribution in [1.82, 2.24) is 15.3 Å². The number of hydrogen-bond acceptors (Lipinski definition) is 5. The molecule has 0 saturated carbocycles. The zero-order valence-corrected chi connectivity index (χ0v) is 13.7. The molecule has 2 rings (SSSR count). The van der Waals surface area contributed by atoms with E-state index < -0.39 is 10.0 Å². The molecule has 1 amide bonds. The normalized spacial score (nSPS) is 11.3. The van der Waals surface area contributed by atoms with E-state index in [0.717, 1.165) is 16.8 Å². The van der Waals surface area contributed by atoms with Crippen molar-refractivity contribution >= 4 is 15.9 Å². The van der Waals surface area contributed by atoms with Gasteiger partial charge in [-0.3, -0.25) is 4.79 Å². The van der Waals surface area contributed by atoms with Crippen LogP contribution in [0.15, 0.2) is 35.5 Å². The second kappa shape index (κ2) is 6.84. The van der Waals surface area contributed by atoms with Crippen LogP contribution in [0.25, 0.3) is 0 Å². The minimum Gasteiger partial charge on any atom is -0.350 e. The molecule has 0 unspecified atom stereocenters. The SMILES string of the molecule is Cc1ncnc(C(=O)NCCc2ccc(S(N)(=O)=O)cc2)c1C. The molecule has 2 aromatic rings. The van der Waals surface area contributed by atoms with Crippen molar-refractivity contribution in [3.8, 4) is 0 Å². The van der Waals surface area contributed by atoms with Crippen LogP contribution in [0.1, 0.15) is 27.3 Å². The lowest BCUT2D eigenvalue weighted by Gasteiger charge is -2.08. The number of primary sulfonamides is 1. The highest BCUT2D eigenvalue weighted by Gasteiger charge is 2.12. The van der Waals surface area contributed by atoms with Crippen molar-refractivity contribution in [2.45, 2.75) is 25.2 Å². The van der Waals surface area contributed by atoms with E-state index in [4.69, 9.17) is 5.14 Å². The van der Waals surface area contributed by atoms with Crippen LogP contribution in [0.4, 0.5) is 0 Å². The summed E-state index contributed by atoms with van der Waals surface area (Å²) in [6, 6.07) is 6.24. The third-order valence-corrected chi connectivity index (χ3v) is 4.43. The molecule has 0 spiro atoms. The summed E-state index contributed by atoms with van der Waals surface area (Å²) in [5.41, 5.74) is 2.78. The fourth-order valence-corrected chi connectivity index (χ4v) is 2.53. The summed E-state index contributed by atoms with van der Waals surface area (Å²) < 4.78 is 22.3. The van der Waals surface area contributed by atoms with Gasteiger partial charge in [-0.15, -0.1) is 0 Å². The third-order valence-electron chi connectivity index (χ3n) is 3.50. The van der Waals surface area contributed by atoms with Gasteiger partial charge in [-0.05, 0) is 38.0 Å². The van der Waals surface area contributed by atoms with E-state index in [1.807, 2.05) is 6.92 Å². The van der Waals surface area contributed by atoms with Crippen LogP contribution in [0.3, 0.4) is 0 Å². The molecule has 23 heavy (non-hydrogen) atoms. The highest BCUT2D eigenvalue weighted by Crippen LogP contribution is 2.09. The maximum absolute atomic E-state index is 12.1. The summed E-state index contributed by atoms with van der Waals surface area (Å²) in [6.45, 7) is 4.03. The fraction of sp³-hybridized carbons (Fsp3) is 0.267. The highest BCUT2D eigenvalue weighted by atomic mass is 32.2. The number of rotatable bonds is 5. The minimum atomic E-state index is -3.68. The Kier molecular flexibility index (Phi) is 5.07. The van der Waals surface area contributed by atoms with Crippen LogP contribution in [0.5, 0.6) is 0 Å². The minimum absolute atomic E-state index is 0.0670. The van der Waals surface area contributed by atoms with E-state index in [-0.39, 0.29) is 10.8 Å². The van der Waals surface area contributed by atoms with E-state index >= 15 is 0 Å². The number of sulfonamides is 1. The molecule has 1 aromatic heterocycles. The molecule has 0 fully saturated rings. The Labute approximate surface area is 135 Å². The Morgan fingerprint density at radius 3 is 2.43 bits per heavy atom. The lowest BCUT2D eigenvalue weighted by atomic mass is 10.1. The van der Waals surface area contributed by atoms with Crippen molar-refractivity contribution in [3.63, 3.8) is 0 Å². The van der Waals surface area contributed by atoms with Crippen LogP contribution in [-0.2, 0) is 16.4 Å². The number of nitrogens with zero attached hydrogens (tertiary/aromatic N) is 2. The van der Waals surface area contributed by atoms with Gasteiger partial charge in [0.15, 0.2) is 0 Å². The predicted molar refractivity (Wildman–Crippen MR) is 85.4 cm³/mol. The first-order chi connectivity index (χ1) is 10.8. The van der Waals surface area contributed by atoms with Gasteiger partial charge < -0.3 is 5.32 Å². The number of nitrogens with two attached hydrogens (primary N) is 1. The van der Waals surface area contributed by atoms with Crippen molar-refractivity contribution in [3.05, 3.63) is 53.1 Å². The van der Waals surface area contributed by atoms with Crippen molar-refractivity contribution in [2.75, 3.05) is 6.54 Å². The smallest absolute Gasteiger partial charge is 0.270 e. The van der Waals surface area contributed by atoms with E-state index in [2.05, 4.69) is 15.3 Å². The van der Waals surface area contributed by atoms with Crippen LogP contribution in [0, 0.1) is 13.8 Å². The number of benzene rings is 1. The number of amides is 1. The Morgan fingerprint density at radius 1 is 1.17 bits per heavy atom. The molecule has 122 valence electrons. The second-order valence-corrected chi connectivity index (χ2v) is 6.69. The van der Waals surface area contributed by atoms with Crippen LogP contribution < -0.4 is 10.5 Å². The summed E-state index contributed by atoms with van der Waals surface area (Å²) in [7, 11) is -3.68. The third kappa shape index (κ3) is 4.33. The second-order valence-electron chi connectivity index (χ2n) is 5.13. The standard InChI is InChI=1S/C15H18N4O3S/c1-10-11(2)18-9-19-14(10)15(20)17-8-7-12-3-5-13(6-4-12)23(16,21)22/h3-6,9H,7-8H2,1-2H3,(H,17,20)(H2,16,21,22). The molecule has 0 atom stereocenters. The average molecular weight is 334 g/mol. The molecule has 0 saturated heterocycles. The molecule has 0 radical (unpaired) electrons.